The van der Waals surface area contributed by atoms with Gasteiger partial charge < -0.3 is 10.2 Å². The summed E-state index contributed by atoms with van der Waals surface area (Å²) in [5.74, 6) is -0.0234. The predicted octanol–water partition coefficient (Wildman–Crippen LogP) is 4.07. The Morgan fingerprint density at radius 3 is 2.90 bits per heavy atom. The van der Waals surface area contributed by atoms with Gasteiger partial charge in [-0.2, -0.15) is 0 Å². The van der Waals surface area contributed by atoms with Crippen LogP contribution in [0.1, 0.15) is 18.9 Å². The van der Waals surface area contributed by atoms with Gasteiger partial charge in [0, 0.05) is 40.5 Å². The van der Waals surface area contributed by atoms with Gasteiger partial charge in [-0.15, -0.1) is 11.8 Å². The lowest BCUT2D eigenvalue weighted by Crippen LogP contribution is -2.55. The summed E-state index contributed by atoms with van der Waals surface area (Å²) < 4.78 is 14.3. The number of amides is 2. The summed E-state index contributed by atoms with van der Waals surface area (Å²) in [4.78, 5) is 31.3. The van der Waals surface area contributed by atoms with Crippen LogP contribution in [0.3, 0.4) is 0 Å². The zero-order valence-electron chi connectivity index (χ0n) is 16.4. The normalized spacial score (nSPS) is 27.6. The Hall–Kier alpha value is -2.09. The molecular weight excluding hydrogens is 425 g/mol. The fourth-order valence-corrected chi connectivity index (χ4v) is 6.67. The van der Waals surface area contributed by atoms with Crippen molar-refractivity contribution >= 4 is 46.6 Å². The largest absolute Gasteiger partial charge is 0.323 e. The molecular formula is C22H21ClFN3O2S. The first-order chi connectivity index (χ1) is 14.5. The molecule has 1 N–H and O–H groups in total. The molecule has 2 saturated heterocycles. The number of para-hydroxylation sites is 1. The second-order valence-electron chi connectivity index (χ2n) is 7.86. The number of rotatable bonds is 3. The first-order valence-electron chi connectivity index (χ1n) is 10.00. The van der Waals surface area contributed by atoms with Crippen molar-refractivity contribution in [2.24, 2.45) is 5.92 Å². The van der Waals surface area contributed by atoms with Gasteiger partial charge in [-0.3, -0.25) is 14.5 Å². The van der Waals surface area contributed by atoms with E-state index >= 15 is 0 Å². The number of fused-ring (bicyclic) bond motifs is 4. The Bertz CT molecular complexity index is 1050. The molecule has 0 bridgehead atoms. The van der Waals surface area contributed by atoms with Crippen LogP contribution in [0.25, 0.3) is 0 Å². The highest BCUT2D eigenvalue weighted by Crippen LogP contribution is 2.57. The number of nitrogens with one attached hydrogen (secondary N) is 1. The van der Waals surface area contributed by atoms with E-state index in [4.69, 9.17) is 11.6 Å². The molecule has 1 spiro atoms. The maximum absolute atomic E-state index is 14.3. The van der Waals surface area contributed by atoms with E-state index in [0.717, 1.165) is 17.0 Å². The number of hydrogen-bond acceptors (Lipinski definition) is 4. The van der Waals surface area contributed by atoms with Crippen molar-refractivity contribution in [1.82, 2.24) is 4.90 Å². The second kappa shape index (κ2) is 7.25. The lowest BCUT2D eigenvalue weighted by Gasteiger charge is -2.36. The molecule has 0 radical (unpaired) electrons. The molecule has 2 aromatic carbocycles. The third kappa shape index (κ3) is 2.65. The standard InChI is InChI=1S/C22H21ClFN3O2S/c1-2-26-19-6-4-3-5-15(19)22(21(26)29)16(10-14-11-30-12-27(14)22)20(28)25-18-8-7-13(23)9-17(18)24/h3-9,14,16H,2,10-12H2,1H3,(H,25,28)/t14-,16-,22-/m0/s1. The third-order valence-corrected chi connectivity index (χ3v) is 7.76. The van der Waals surface area contributed by atoms with E-state index in [1.165, 1.54) is 18.2 Å². The lowest BCUT2D eigenvalue weighted by atomic mass is 9.78. The van der Waals surface area contributed by atoms with Crippen LogP contribution in [0.2, 0.25) is 5.02 Å². The molecule has 0 saturated carbocycles. The van der Waals surface area contributed by atoms with Crippen molar-refractivity contribution in [2.75, 3.05) is 28.4 Å². The van der Waals surface area contributed by atoms with Crippen LogP contribution in [-0.4, -0.2) is 40.9 Å². The number of likely N-dealkylation sites (N-methyl/N-ethyl adjacent to an activating group) is 1. The summed E-state index contributed by atoms with van der Waals surface area (Å²) in [6, 6.07) is 12.0. The number of halogens is 2. The minimum absolute atomic E-state index is 0.0621. The topological polar surface area (TPSA) is 52.7 Å². The monoisotopic (exact) mass is 445 g/mol. The maximum Gasteiger partial charge on any atom is 0.253 e. The van der Waals surface area contributed by atoms with Crippen molar-refractivity contribution in [1.29, 1.82) is 0 Å². The van der Waals surface area contributed by atoms with Crippen molar-refractivity contribution in [2.45, 2.75) is 24.9 Å². The van der Waals surface area contributed by atoms with Crippen LogP contribution in [0.5, 0.6) is 0 Å². The third-order valence-electron chi connectivity index (χ3n) is 6.44. The van der Waals surface area contributed by atoms with Crippen LogP contribution in [0.4, 0.5) is 15.8 Å². The minimum Gasteiger partial charge on any atom is -0.323 e. The van der Waals surface area contributed by atoms with Gasteiger partial charge in [-0.1, -0.05) is 29.8 Å². The molecule has 2 amide bonds. The highest BCUT2D eigenvalue weighted by Gasteiger charge is 2.67. The Morgan fingerprint density at radius 1 is 1.33 bits per heavy atom. The fourth-order valence-electron chi connectivity index (χ4n) is 5.21. The molecule has 0 aromatic heterocycles. The second-order valence-corrected chi connectivity index (χ2v) is 9.29. The first-order valence-corrected chi connectivity index (χ1v) is 11.5. The minimum atomic E-state index is -1.05. The summed E-state index contributed by atoms with van der Waals surface area (Å²) in [6.45, 7) is 2.47. The Morgan fingerprint density at radius 2 is 2.13 bits per heavy atom. The first kappa shape index (κ1) is 19.8. The zero-order valence-corrected chi connectivity index (χ0v) is 18.0. The predicted molar refractivity (Wildman–Crippen MR) is 117 cm³/mol. The van der Waals surface area contributed by atoms with Crippen molar-refractivity contribution < 1.29 is 14.0 Å². The number of carbonyl (C=O) groups is 2. The smallest absolute Gasteiger partial charge is 0.253 e. The maximum atomic E-state index is 14.3. The summed E-state index contributed by atoms with van der Waals surface area (Å²) in [7, 11) is 0. The summed E-state index contributed by atoms with van der Waals surface area (Å²) in [6.07, 6.45) is 0.561. The average Bonchev–Trinajstić information content (AvgIpc) is 3.37. The van der Waals surface area contributed by atoms with Gasteiger partial charge >= 0.3 is 0 Å². The molecule has 3 aliphatic rings. The van der Waals surface area contributed by atoms with Gasteiger partial charge in [0.05, 0.1) is 11.6 Å². The van der Waals surface area contributed by atoms with E-state index in [-0.39, 0.29) is 28.6 Å². The number of carbonyl (C=O) groups excluding carboxylic acids is 2. The van der Waals surface area contributed by atoms with Gasteiger partial charge in [0.15, 0.2) is 0 Å². The van der Waals surface area contributed by atoms with Crippen LogP contribution in [-0.2, 0) is 15.1 Å². The van der Waals surface area contributed by atoms with Crippen molar-refractivity contribution in [3.05, 3.63) is 58.9 Å². The van der Waals surface area contributed by atoms with Crippen molar-refractivity contribution in [3.8, 4) is 0 Å². The summed E-state index contributed by atoms with van der Waals surface area (Å²) >= 11 is 7.62. The van der Waals surface area contributed by atoms with Gasteiger partial charge in [0.2, 0.25) is 5.91 Å². The molecule has 2 aromatic rings. The molecule has 0 unspecified atom stereocenters. The Balaban J connectivity index is 1.60. The molecule has 3 atom stereocenters. The van der Waals surface area contributed by atoms with Gasteiger partial charge in [0.1, 0.15) is 11.4 Å². The van der Waals surface area contributed by atoms with E-state index < -0.39 is 17.3 Å². The molecule has 8 heteroatoms. The molecule has 30 heavy (non-hydrogen) atoms. The SMILES string of the molecule is CCN1C(=O)[C@]2(c3ccccc31)[C@H](C(=O)Nc1ccc(Cl)cc1F)C[C@H]1CSCN12. The van der Waals surface area contributed by atoms with Crippen LogP contribution in [0.15, 0.2) is 42.5 Å². The summed E-state index contributed by atoms with van der Waals surface area (Å²) in [5.41, 5.74) is 0.761. The molecule has 3 heterocycles. The van der Waals surface area contributed by atoms with Crippen molar-refractivity contribution in [3.63, 3.8) is 0 Å². The number of thioether (sulfide) groups is 1. The molecule has 5 nitrogen and oxygen atoms in total. The van der Waals surface area contributed by atoms with Gasteiger partial charge in [0.25, 0.3) is 5.91 Å². The van der Waals surface area contributed by atoms with Crippen LogP contribution >= 0.6 is 23.4 Å². The molecule has 5 rings (SSSR count). The van der Waals surface area contributed by atoms with E-state index in [2.05, 4.69) is 10.2 Å². The Kier molecular flexibility index (Phi) is 4.80. The van der Waals surface area contributed by atoms with E-state index in [1.54, 1.807) is 16.7 Å². The highest BCUT2D eigenvalue weighted by molar-refractivity contribution is 7.99. The van der Waals surface area contributed by atoms with Gasteiger partial charge in [-0.05, 0) is 37.6 Å². The molecule has 156 valence electrons. The van der Waals surface area contributed by atoms with E-state index in [0.29, 0.717) is 18.8 Å². The zero-order chi connectivity index (χ0) is 21.0. The number of benzene rings is 2. The lowest BCUT2D eigenvalue weighted by molar-refractivity contribution is -0.136. The molecule has 3 aliphatic heterocycles. The van der Waals surface area contributed by atoms with E-state index in [1.807, 2.05) is 31.2 Å². The van der Waals surface area contributed by atoms with Gasteiger partial charge in [-0.25, -0.2) is 4.39 Å². The van der Waals surface area contributed by atoms with E-state index in [9.17, 15) is 14.0 Å². The Labute approximate surface area is 183 Å². The molecule has 2 fully saturated rings. The van der Waals surface area contributed by atoms with Crippen LogP contribution in [0, 0.1) is 11.7 Å². The fraction of sp³-hybridized carbons (Fsp3) is 0.364. The quantitative estimate of drug-likeness (QED) is 0.773. The number of anilines is 2. The summed E-state index contributed by atoms with van der Waals surface area (Å²) in [5, 5.41) is 2.99. The number of nitrogens with zero attached hydrogens (tertiary/aromatic N) is 2. The average molecular weight is 446 g/mol. The molecule has 0 aliphatic carbocycles. The number of hydrogen-bond donors (Lipinski definition) is 1. The highest BCUT2D eigenvalue weighted by atomic mass is 35.5. The van der Waals surface area contributed by atoms with Crippen LogP contribution < -0.4 is 10.2 Å².